The van der Waals surface area contributed by atoms with Crippen molar-refractivity contribution < 1.29 is 13.6 Å². The van der Waals surface area contributed by atoms with Crippen LogP contribution < -0.4 is 0 Å². The van der Waals surface area contributed by atoms with Crippen LogP contribution in [0.3, 0.4) is 0 Å². The van der Waals surface area contributed by atoms with Gasteiger partial charge in [-0.15, -0.1) is 0 Å². The SMILES string of the molecule is O=C(c1ccc(F)cc1)N1CCCC(C#CC2C=CC(F)=CC2)C1. The van der Waals surface area contributed by atoms with Crippen molar-refractivity contribution in [1.29, 1.82) is 0 Å². The topological polar surface area (TPSA) is 20.3 Å². The summed E-state index contributed by atoms with van der Waals surface area (Å²) < 4.78 is 25.9. The average molecular weight is 327 g/mol. The van der Waals surface area contributed by atoms with Crippen LogP contribution in [0.4, 0.5) is 8.78 Å². The highest BCUT2D eigenvalue weighted by Crippen LogP contribution is 2.20. The molecule has 0 radical (unpaired) electrons. The number of allylic oxidation sites excluding steroid dienone is 4. The van der Waals surface area contributed by atoms with Crippen LogP contribution in [0.15, 0.2) is 48.3 Å². The lowest BCUT2D eigenvalue weighted by atomic mass is 9.95. The number of halogens is 2. The van der Waals surface area contributed by atoms with E-state index in [1.165, 1.54) is 30.3 Å². The maximum absolute atomic E-state index is 13.0. The van der Waals surface area contributed by atoms with E-state index in [0.717, 1.165) is 12.8 Å². The van der Waals surface area contributed by atoms with E-state index in [-0.39, 0.29) is 29.4 Å². The maximum Gasteiger partial charge on any atom is 0.253 e. The van der Waals surface area contributed by atoms with Crippen LogP contribution in [0.2, 0.25) is 0 Å². The van der Waals surface area contributed by atoms with Gasteiger partial charge in [-0.2, -0.15) is 0 Å². The third kappa shape index (κ3) is 4.11. The summed E-state index contributed by atoms with van der Waals surface area (Å²) in [6, 6.07) is 5.63. The molecule has 124 valence electrons. The van der Waals surface area contributed by atoms with Gasteiger partial charge in [0.15, 0.2) is 0 Å². The molecule has 2 aliphatic rings. The average Bonchev–Trinajstić information content (AvgIpc) is 2.61. The van der Waals surface area contributed by atoms with E-state index in [9.17, 15) is 13.6 Å². The number of carbonyl (C=O) groups excluding carboxylic acids is 1. The van der Waals surface area contributed by atoms with Gasteiger partial charge in [-0.3, -0.25) is 4.79 Å². The van der Waals surface area contributed by atoms with Crippen LogP contribution in [0.1, 0.15) is 29.6 Å². The molecule has 1 aromatic carbocycles. The molecule has 2 unspecified atom stereocenters. The molecule has 0 spiro atoms. The molecule has 2 nitrogen and oxygen atoms in total. The Bertz CT molecular complexity index is 724. The highest BCUT2D eigenvalue weighted by molar-refractivity contribution is 5.94. The third-order valence-corrected chi connectivity index (χ3v) is 4.33. The second-order valence-electron chi connectivity index (χ2n) is 6.18. The Balaban J connectivity index is 1.61. The number of benzene rings is 1. The molecule has 24 heavy (non-hydrogen) atoms. The van der Waals surface area contributed by atoms with Crippen LogP contribution in [-0.4, -0.2) is 23.9 Å². The van der Waals surface area contributed by atoms with E-state index in [2.05, 4.69) is 11.8 Å². The van der Waals surface area contributed by atoms with Gasteiger partial charge < -0.3 is 4.90 Å². The van der Waals surface area contributed by atoms with E-state index in [1.807, 2.05) is 0 Å². The first-order valence-electron chi connectivity index (χ1n) is 8.21. The highest BCUT2D eigenvalue weighted by Gasteiger charge is 2.23. The second-order valence-corrected chi connectivity index (χ2v) is 6.18. The summed E-state index contributed by atoms with van der Waals surface area (Å²) in [6.45, 7) is 1.29. The van der Waals surface area contributed by atoms with Crippen molar-refractivity contribution in [3.05, 3.63) is 59.7 Å². The lowest BCUT2D eigenvalue weighted by Crippen LogP contribution is -2.39. The molecular weight excluding hydrogens is 308 g/mol. The smallest absolute Gasteiger partial charge is 0.253 e. The fraction of sp³-hybridized carbons (Fsp3) is 0.350. The number of piperidine rings is 1. The Morgan fingerprint density at radius 3 is 2.67 bits per heavy atom. The number of nitrogens with zero attached hydrogens (tertiary/aromatic N) is 1. The molecule has 1 heterocycles. The Kier molecular flexibility index (Phi) is 5.10. The quantitative estimate of drug-likeness (QED) is 0.711. The Labute approximate surface area is 140 Å². The Hall–Kier alpha value is -2.41. The standard InChI is InChI=1S/C20H19F2NO/c21-18-9-5-15(6-10-18)3-4-16-2-1-13-23(14-16)20(24)17-7-11-19(22)12-8-17/h5,7-12,15-16H,1-2,6,13-14H2. The predicted molar refractivity (Wildman–Crippen MR) is 89.2 cm³/mol. The van der Waals surface area contributed by atoms with Gasteiger partial charge in [0, 0.05) is 30.5 Å². The van der Waals surface area contributed by atoms with Gasteiger partial charge in [0.1, 0.15) is 11.6 Å². The molecule has 1 aliphatic heterocycles. The summed E-state index contributed by atoms with van der Waals surface area (Å²) in [5, 5.41) is 0. The first-order valence-corrected chi connectivity index (χ1v) is 8.21. The lowest BCUT2D eigenvalue weighted by molar-refractivity contribution is 0.0699. The summed E-state index contributed by atoms with van der Waals surface area (Å²) in [4.78, 5) is 14.3. The number of rotatable bonds is 1. The van der Waals surface area contributed by atoms with Crippen molar-refractivity contribution >= 4 is 5.91 Å². The predicted octanol–water partition coefficient (Wildman–Crippen LogP) is 4.11. The van der Waals surface area contributed by atoms with Gasteiger partial charge in [-0.1, -0.05) is 17.9 Å². The largest absolute Gasteiger partial charge is 0.337 e. The molecule has 0 N–H and O–H groups in total. The van der Waals surface area contributed by atoms with Crippen molar-refractivity contribution in [3.8, 4) is 11.8 Å². The second kappa shape index (κ2) is 7.44. The summed E-state index contributed by atoms with van der Waals surface area (Å²) in [5.41, 5.74) is 0.501. The molecule has 4 heteroatoms. The molecule has 0 saturated carbocycles. The van der Waals surface area contributed by atoms with Crippen molar-refractivity contribution in [2.75, 3.05) is 13.1 Å². The van der Waals surface area contributed by atoms with E-state index in [0.29, 0.717) is 25.1 Å². The highest BCUT2D eigenvalue weighted by atomic mass is 19.1. The van der Waals surface area contributed by atoms with Crippen LogP contribution >= 0.6 is 0 Å². The molecule has 1 fully saturated rings. The summed E-state index contributed by atoms with van der Waals surface area (Å²) in [6.07, 6.45) is 7.24. The summed E-state index contributed by atoms with van der Waals surface area (Å²) in [5.74, 6) is 5.97. The zero-order valence-corrected chi connectivity index (χ0v) is 13.3. The van der Waals surface area contributed by atoms with Crippen molar-refractivity contribution in [3.63, 3.8) is 0 Å². The fourth-order valence-electron chi connectivity index (χ4n) is 2.98. The number of amides is 1. The van der Waals surface area contributed by atoms with E-state index in [1.54, 1.807) is 17.1 Å². The van der Waals surface area contributed by atoms with E-state index in [4.69, 9.17) is 0 Å². The Morgan fingerprint density at radius 2 is 1.96 bits per heavy atom. The van der Waals surface area contributed by atoms with Gasteiger partial charge in [0.2, 0.25) is 0 Å². The van der Waals surface area contributed by atoms with Gasteiger partial charge in [0.25, 0.3) is 5.91 Å². The van der Waals surface area contributed by atoms with E-state index >= 15 is 0 Å². The molecule has 1 aliphatic carbocycles. The number of hydrogen-bond acceptors (Lipinski definition) is 1. The lowest BCUT2D eigenvalue weighted by Gasteiger charge is -2.30. The zero-order chi connectivity index (χ0) is 16.9. The number of hydrogen-bond donors (Lipinski definition) is 0. The summed E-state index contributed by atoms with van der Waals surface area (Å²) in [7, 11) is 0. The van der Waals surface area contributed by atoms with Gasteiger partial charge >= 0.3 is 0 Å². The van der Waals surface area contributed by atoms with Gasteiger partial charge in [-0.05, 0) is 55.7 Å². The number of carbonyl (C=O) groups is 1. The van der Waals surface area contributed by atoms with Crippen LogP contribution in [0.25, 0.3) is 0 Å². The molecule has 3 rings (SSSR count). The molecule has 1 saturated heterocycles. The summed E-state index contributed by atoms with van der Waals surface area (Å²) >= 11 is 0. The minimum atomic E-state index is -0.347. The third-order valence-electron chi connectivity index (χ3n) is 4.33. The molecular formula is C20H19F2NO. The van der Waals surface area contributed by atoms with E-state index < -0.39 is 0 Å². The molecule has 0 aromatic heterocycles. The fourth-order valence-corrected chi connectivity index (χ4v) is 2.98. The monoisotopic (exact) mass is 327 g/mol. The first kappa shape index (κ1) is 16.4. The maximum atomic E-state index is 13.0. The van der Waals surface area contributed by atoms with Crippen LogP contribution in [-0.2, 0) is 0 Å². The van der Waals surface area contributed by atoms with Crippen molar-refractivity contribution in [2.24, 2.45) is 11.8 Å². The molecule has 2 atom stereocenters. The molecule has 1 aromatic rings. The Morgan fingerprint density at radius 1 is 1.17 bits per heavy atom. The molecule has 1 amide bonds. The van der Waals surface area contributed by atoms with Crippen LogP contribution in [0.5, 0.6) is 0 Å². The normalized spacial score (nSPS) is 23.2. The first-order chi connectivity index (χ1) is 11.6. The zero-order valence-electron chi connectivity index (χ0n) is 13.3. The minimum Gasteiger partial charge on any atom is -0.337 e. The van der Waals surface area contributed by atoms with Crippen molar-refractivity contribution in [1.82, 2.24) is 4.90 Å². The van der Waals surface area contributed by atoms with Gasteiger partial charge in [-0.25, -0.2) is 8.78 Å². The van der Waals surface area contributed by atoms with Crippen molar-refractivity contribution in [2.45, 2.75) is 19.3 Å². The van der Waals surface area contributed by atoms with Crippen LogP contribution in [0, 0.1) is 29.5 Å². The molecule has 0 bridgehead atoms. The minimum absolute atomic E-state index is 0.0488. The van der Waals surface area contributed by atoms with Gasteiger partial charge in [0.05, 0.1) is 0 Å². The number of likely N-dealkylation sites (tertiary alicyclic amines) is 1.